The predicted octanol–water partition coefficient (Wildman–Crippen LogP) is 1.83. The predicted molar refractivity (Wildman–Crippen MR) is 73.6 cm³/mol. The highest BCUT2D eigenvalue weighted by Crippen LogP contribution is 2.39. The highest BCUT2D eigenvalue weighted by molar-refractivity contribution is 5.08. The molecule has 4 rings (SSSR count). The summed E-state index contributed by atoms with van der Waals surface area (Å²) in [6.07, 6.45) is 3.54. The SMILES string of the molecule is Cc1noc([C@@H]2COC[C@@H]3CN(Cc4ccoc4)C[C@@H]32)n1. The number of rotatable bonds is 3. The Morgan fingerprint density at radius 3 is 3.05 bits per heavy atom. The molecule has 2 aromatic rings. The van der Waals surface area contributed by atoms with Crippen molar-refractivity contribution in [3.8, 4) is 0 Å². The maximum absolute atomic E-state index is 5.77. The van der Waals surface area contributed by atoms with Gasteiger partial charge >= 0.3 is 0 Å². The van der Waals surface area contributed by atoms with Gasteiger partial charge < -0.3 is 13.7 Å². The number of aryl methyl sites for hydroxylation is 1. The van der Waals surface area contributed by atoms with Crippen LogP contribution in [0.3, 0.4) is 0 Å². The lowest BCUT2D eigenvalue weighted by atomic mass is 9.83. The van der Waals surface area contributed by atoms with Crippen molar-refractivity contribution >= 4 is 0 Å². The second-order valence-electron chi connectivity index (χ2n) is 6.07. The van der Waals surface area contributed by atoms with E-state index in [1.165, 1.54) is 5.56 Å². The monoisotopic (exact) mass is 289 g/mol. The van der Waals surface area contributed by atoms with E-state index in [1.54, 1.807) is 6.26 Å². The Balaban J connectivity index is 1.49. The number of furan rings is 1. The van der Waals surface area contributed by atoms with Gasteiger partial charge in [-0.15, -0.1) is 0 Å². The Kier molecular flexibility index (Phi) is 3.27. The third kappa shape index (κ3) is 2.49. The van der Waals surface area contributed by atoms with Crippen LogP contribution in [0.4, 0.5) is 0 Å². The van der Waals surface area contributed by atoms with Crippen molar-refractivity contribution in [2.75, 3.05) is 26.3 Å². The molecule has 21 heavy (non-hydrogen) atoms. The van der Waals surface area contributed by atoms with Crippen molar-refractivity contribution < 1.29 is 13.7 Å². The van der Waals surface area contributed by atoms with Crippen LogP contribution < -0.4 is 0 Å². The maximum Gasteiger partial charge on any atom is 0.232 e. The zero-order valence-electron chi connectivity index (χ0n) is 12.1. The molecule has 0 aliphatic carbocycles. The standard InChI is InChI=1S/C15H19N3O3/c1-10-16-15(21-17-10)14-9-20-8-12-5-18(6-13(12)14)4-11-2-3-19-7-11/h2-3,7,12-14H,4-6,8-9H2,1H3/t12-,13-,14+/m0/s1. The van der Waals surface area contributed by atoms with E-state index in [2.05, 4.69) is 15.0 Å². The van der Waals surface area contributed by atoms with Crippen LogP contribution in [0.15, 0.2) is 27.5 Å². The fourth-order valence-corrected chi connectivity index (χ4v) is 3.58. The quantitative estimate of drug-likeness (QED) is 0.859. The van der Waals surface area contributed by atoms with Gasteiger partial charge in [0, 0.05) is 25.2 Å². The molecule has 6 nitrogen and oxygen atoms in total. The van der Waals surface area contributed by atoms with Gasteiger partial charge in [-0.2, -0.15) is 4.98 Å². The summed E-state index contributed by atoms with van der Waals surface area (Å²) in [6.45, 7) is 6.40. The normalized spacial score (nSPS) is 29.7. The Labute approximate surface area is 123 Å². The molecular formula is C15H19N3O3. The van der Waals surface area contributed by atoms with Gasteiger partial charge in [0.05, 0.1) is 31.7 Å². The Hall–Kier alpha value is -1.66. The summed E-state index contributed by atoms with van der Waals surface area (Å²) < 4.78 is 16.3. The molecule has 6 heteroatoms. The smallest absolute Gasteiger partial charge is 0.232 e. The van der Waals surface area contributed by atoms with Crippen LogP contribution in [0.2, 0.25) is 0 Å². The Bertz CT molecular complexity index is 595. The molecule has 2 saturated heterocycles. The van der Waals surface area contributed by atoms with E-state index in [0.29, 0.717) is 24.3 Å². The number of hydrogen-bond donors (Lipinski definition) is 0. The molecule has 4 heterocycles. The number of ether oxygens (including phenoxy) is 1. The molecule has 0 unspecified atom stereocenters. The lowest BCUT2D eigenvalue weighted by Gasteiger charge is -2.30. The van der Waals surface area contributed by atoms with E-state index < -0.39 is 0 Å². The Morgan fingerprint density at radius 1 is 1.33 bits per heavy atom. The summed E-state index contributed by atoms with van der Waals surface area (Å²) in [5.41, 5.74) is 1.22. The van der Waals surface area contributed by atoms with E-state index in [1.807, 2.05) is 19.3 Å². The average Bonchev–Trinajstić information content (AvgIpc) is 3.18. The topological polar surface area (TPSA) is 64.5 Å². The average molecular weight is 289 g/mol. The van der Waals surface area contributed by atoms with Crippen LogP contribution in [0, 0.1) is 18.8 Å². The van der Waals surface area contributed by atoms with Gasteiger partial charge in [-0.05, 0) is 24.8 Å². The van der Waals surface area contributed by atoms with E-state index in [-0.39, 0.29) is 5.92 Å². The van der Waals surface area contributed by atoms with Crippen LogP contribution in [-0.4, -0.2) is 41.3 Å². The van der Waals surface area contributed by atoms with Crippen molar-refractivity contribution in [1.82, 2.24) is 15.0 Å². The molecular weight excluding hydrogens is 270 g/mol. The number of aromatic nitrogens is 2. The molecule has 112 valence electrons. The van der Waals surface area contributed by atoms with E-state index in [4.69, 9.17) is 13.7 Å². The largest absolute Gasteiger partial charge is 0.472 e. The maximum atomic E-state index is 5.77. The summed E-state index contributed by atoms with van der Waals surface area (Å²) in [4.78, 5) is 6.87. The number of likely N-dealkylation sites (tertiary alicyclic amines) is 1. The summed E-state index contributed by atoms with van der Waals surface area (Å²) in [5, 5.41) is 3.92. The minimum atomic E-state index is 0.222. The molecule has 2 aromatic heterocycles. The second kappa shape index (κ2) is 5.27. The Morgan fingerprint density at radius 2 is 2.29 bits per heavy atom. The molecule has 0 radical (unpaired) electrons. The molecule has 0 spiro atoms. The lowest BCUT2D eigenvalue weighted by molar-refractivity contribution is 0.00991. The van der Waals surface area contributed by atoms with Crippen molar-refractivity contribution in [3.63, 3.8) is 0 Å². The third-order valence-electron chi connectivity index (χ3n) is 4.56. The first kappa shape index (κ1) is 13.0. The zero-order chi connectivity index (χ0) is 14.2. The third-order valence-corrected chi connectivity index (χ3v) is 4.56. The highest BCUT2D eigenvalue weighted by atomic mass is 16.5. The van der Waals surface area contributed by atoms with Crippen LogP contribution in [0.5, 0.6) is 0 Å². The molecule has 0 bridgehead atoms. The summed E-state index contributed by atoms with van der Waals surface area (Å²) in [7, 11) is 0. The van der Waals surface area contributed by atoms with Crippen molar-refractivity contribution in [1.29, 1.82) is 0 Å². The second-order valence-corrected chi connectivity index (χ2v) is 6.07. The number of fused-ring (bicyclic) bond motifs is 1. The van der Waals surface area contributed by atoms with Gasteiger partial charge in [0.15, 0.2) is 5.82 Å². The van der Waals surface area contributed by atoms with Crippen molar-refractivity contribution in [3.05, 3.63) is 35.9 Å². The first-order valence-electron chi connectivity index (χ1n) is 7.41. The van der Waals surface area contributed by atoms with Crippen molar-refractivity contribution in [2.24, 2.45) is 11.8 Å². The van der Waals surface area contributed by atoms with Gasteiger partial charge in [0.25, 0.3) is 0 Å². The fourth-order valence-electron chi connectivity index (χ4n) is 3.58. The molecule has 0 N–H and O–H groups in total. The van der Waals surface area contributed by atoms with E-state index >= 15 is 0 Å². The minimum Gasteiger partial charge on any atom is -0.472 e. The number of nitrogens with zero attached hydrogens (tertiary/aromatic N) is 3. The zero-order valence-corrected chi connectivity index (χ0v) is 12.1. The van der Waals surface area contributed by atoms with E-state index in [0.717, 1.165) is 32.1 Å². The molecule has 2 aliphatic rings. The molecule has 0 aromatic carbocycles. The molecule has 3 atom stereocenters. The van der Waals surface area contributed by atoms with Crippen molar-refractivity contribution in [2.45, 2.75) is 19.4 Å². The summed E-state index contributed by atoms with van der Waals surface area (Å²) >= 11 is 0. The van der Waals surface area contributed by atoms with Gasteiger partial charge in [0.1, 0.15) is 0 Å². The van der Waals surface area contributed by atoms with Crippen LogP contribution in [-0.2, 0) is 11.3 Å². The lowest BCUT2D eigenvalue weighted by Crippen LogP contribution is -2.33. The first-order chi connectivity index (χ1) is 10.3. The van der Waals surface area contributed by atoms with Gasteiger partial charge in [-0.1, -0.05) is 5.16 Å². The van der Waals surface area contributed by atoms with Crippen LogP contribution in [0.25, 0.3) is 0 Å². The van der Waals surface area contributed by atoms with Crippen LogP contribution >= 0.6 is 0 Å². The molecule has 0 saturated carbocycles. The van der Waals surface area contributed by atoms with Gasteiger partial charge in [0.2, 0.25) is 5.89 Å². The highest BCUT2D eigenvalue weighted by Gasteiger charge is 2.43. The van der Waals surface area contributed by atoms with Gasteiger partial charge in [-0.25, -0.2) is 0 Å². The molecule has 0 amide bonds. The molecule has 2 aliphatic heterocycles. The molecule has 2 fully saturated rings. The van der Waals surface area contributed by atoms with Crippen LogP contribution in [0.1, 0.15) is 23.2 Å². The summed E-state index contributed by atoms with van der Waals surface area (Å²) in [6, 6.07) is 2.03. The first-order valence-corrected chi connectivity index (χ1v) is 7.41. The number of hydrogen-bond acceptors (Lipinski definition) is 6. The summed E-state index contributed by atoms with van der Waals surface area (Å²) in [5.74, 6) is 2.72. The van der Waals surface area contributed by atoms with E-state index in [9.17, 15) is 0 Å². The minimum absolute atomic E-state index is 0.222. The van der Waals surface area contributed by atoms with Gasteiger partial charge in [-0.3, -0.25) is 4.90 Å². The fraction of sp³-hybridized carbons (Fsp3) is 0.600.